The zero-order valence-corrected chi connectivity index (χ0v) is 9.09. The number of rotatable bonds is 1. The van der Waals surface area contributed by atoms with Gasteiger partial charge in [-0.2, -0.15) is 13.2 Å². The van der Waals surface area contributed by atoms with Crippen LogP contribution in [0.2, 0.25) is 5.02 Å². The Morgan fingerprint density at radius 2 is 1.87 bits per heavy atom. The first-order valence-electron chi connectivity index (χ1n) is 3.44. The number of alkyl halides is 5. The molecule has 0 aromatic carbocycles. The second kappa shape index (κ2) is 4.21. The molecule has 15 heavy (non-hydrogen) atoms. The van der Waals surface area contributed by atoms with Crippen molar-refractivity contribution in [2.45, 2.75) is 12.6 Å². The van der Waals surface area contributed by atoms with Gasteiger partial charge >= 0.3 is 6.18 Å². The normalized spacial score (nSPS) is 12.3. The molecule has 0 spiro atoms. The van der Waals surface area contributed by atoms with Crippen molar-refractivity contribution < 1.29 is 22.0 Å². The summed E-state index contributed by atoms with van der Waals surface area (Å²) in [6.07, 6.45) is -7.95. The number of nitrogens with zero attached hydrogens (tertiary/aromatic N) is 1. The molecule has 1 rings (SSSR count). The van der Waals surface area contributed by atoms with E-state index in [1.165, 1.54) is 0 Å². The van der Waals surface area contributed by atoms with Crippen LogP contribution in [0.4, 0.5) is 22.0 Å². The molecule has 0 atom stereocenters. The minimum Gasteiger partial charge on any atom is -0.240 e. The molecule has 0 unspecified atom stereocenters. The molecule has 0 aliphatic carbocycles. The molecule has 84 valence electrons. The monoisotopic (exact) mass is 309 g/mol. The van der Waals surface area contributed by atoms with Crippen LogP contribution in [0.25, 0.3) is 0 Å². The number of aromatic nitrogens is 1. The van der Waals surface area contributed by atoms with Crippen LogP contribution in [-0.2, 0) is 6.18 Å². The lowest BCUT2D eigenvalue weighted by Gasteiger charge is -2.10. The smallest absolute Gasteiger partial charge is 0.240 e. The van der Waals surface area contributed by atoms with Crippen LogP contribution < -0.4 is 0 Å². The van der Waals surface area contributed by atoms with Crippen molar-refractivity contribution in [2.24, 2.45) is 0 Å². The van der Waals surface area contributed by atoms with Crippen molar-refractivity contribution >= 4 is 27.5 Å². The van der Waals surface area contributed by atoms with Gasteiger partial charge in [0.2, 0.25) is 0 Å². The fraction of sp³-hybridized carbons (Fsp3) is 0.286. The van der Waals surface area contributed by atoms with Crippen LogP contribution in [0, 0.1) is 0 Å². The zero-order chi connectivity index (χ0) is 11.8. The highest BCUT2D eigenvalue weighted by Crippen LogP contribution is 2.37. The van der Waals surface area contributed by atoms with Gasteiger partial charge in [-0.1, -0.05) is 11.6 Å². The molecule has 0 N–H and O–H groups in total. The van der Waals surface area contributed by atoms with Crippen LogP contribution in [-0.4, -0.2) is 4.98 Å². The van der Waals surface area contributed by atoms with E-state index in [0.29, 0.717) is 0 Å². The van der Waals surface area contributed by atoms with Crippen LogP contribution in [0.3, 0.4) is 0 Å². The van der Waals surface area contributed by atoms with Gasteiger partial charge in [0.05, 0.1) is 5.02 Å². The van der Waals surface area contributed by atoms with Crippen molar-refractivity contribution in [3.8, 4) is 0 Å². The highest BCUT2D eigenvalue weighted by atomic mass is 79.9. The molecule has 0 fully saturated rings. The second-order valence-electron chi connectivity index (χ2n) is 2.48. The van der Waals surface area contributed by atoms with E-state index in [2.05, 4.69) is 20.9 Å². The summed E-state index contributed by atoms with van der Waals surface area (Å²) in [5, 5.41) is -0.723. The van der Waals surface area contributed by atoms with E-state index in [0.717, 1.165) is 6.07 Å². The third kappa shape index (κ3) is 2.78. The minimum absolute atomic E-state index is 0.254. The molecule has 1 aromatic heterocycles. The molecule has 0 bridgehead atoms. The van der Waals surface area contributed by atoms with Gasteiger partial charge in [-0.15, -0.1) is 0 Å². The first-order valence-corrected chi connectivity index (χ1v) is 4.62. The zero-order valence-electron chi connectivity index (χ0n) is 6.75. The van der Waals surface area contributed by atoms with Crippen molar-refractivity contribution in [1.29, 1.82) is 0 Å². The average Bonchev–Trinajstić information content (AvgIpc) is 2.00. The summed E-state index contributed by atoms with van der Waals surface area (Å²) in [6.45, 7) is 0. The van der Waals surface area contributed by atoms with Crippen molar-refractivity contribution in [1.82, 2.24) is 4.98 Å². The molecule has 0 radical (unpaired) electrons. The summed E-state index contributed by atoms with van der Waals surface area (Å²) in [5.41, 5.74) is -2.49. The molecule has 0 saturated carbocycles. The van der Waals surface area contributed by atoms with Gasteiger partial charge in [0.15, 0.2) is 5.69 Å². The van der Waals surface area contributed by atoms with Gasteiger partial charge in [-0.25, -0.2) is 13.8 Å². The van der Waals surface area contributed by atoms with Crippen LogP contribution in [0.5, 0.6) is 0 Å². The lowest BCUT2D eigenvalue weighted by molar-refractivity contribution is -0.141. The number of hydrogen-bond acceptors (Lipinski definition) is 1. The van der Waals surface area contributed by atoms with E-state index in [4.69, 9.17) is 11.6 Å². The minimum atomic E-state index is -4.85. The number of pyridine rings is 1. The van der Waals surface area contributed by atoms with E-state index < -0.39 is 29.0 Å². The van der Waals surface area contributed by atoms with Crippen LogP contribution >= 0.6 is 27.5 Å². The SMILES string of the molecule is FC(F)c1nc(C(F)(F)F)c(Cl)cc1Br. The summed E-state index contributed by atoms with van der Waals surface area (Å²) < 4.78 is 60.8. The summed E-state index contributed by atoms with van der Waals surface area (Å²) in [6, 6.07) is 0.749. The lowest BCUT2D eigenvalue weighted by atomic mass is 10.3. The van der Waals surface area contributed by atoms with Gasteiger partial charge in [0, 0.05) is 4.47 Å². The Labute approximate surface area is 94.4 Å². The topological polar surface area (TPSA) is 12.9 Å². The largest absolute Gasteiger partial charge is 0.434 e. The number of hydrogen-bond donors (Lipinski definition) is 0. The van der Waals surface area contributed by atoms with Crippen LogP contribution in [0.1, 0.15) is 17.8 Å². The quantitative estimate of drug-likeness (QED) is 0.698. The average molecular weight is 310 g/mol. The van der Waals surface area contributed by atoms with E-state index in [9.17, 15) is 22.0 Å². The molecule has 0 aliphatic heterocycles. The second-order valence-corrected chi connectivity index (χ2v) is 3.75. The summed E-state index contributed by atoms with van der Waals surface area (Å²) >= 11 is 7.89. The Hall–Kier alpha value is -0.430. The van der Waals surface area contributed by atoms with E-state index in [-0.39, 0.29) is 4.47 Å². The van der Waals surface area contributed by atoms with Crippen LogP contribution in [0.15, 0.2) is 10.5 Å². The van der Waals surface area contributed by atoms with Crippen molar-refractivity contribution in [3.63, 3.8) is 0 Å². The molecule has 0 aliphatic rings. The Bertz CT molecular complexity index is 378. The number of halogens is 7. The first kappa shape index (κ1) is 12.6. The summed E-state index contributed by atoms with van der Waals surface area (Å²) in [7, 11) is 0. The third-order valence-corrected chi connectivity index (χ3v) is 2.36. The van der Waals surface area contributed by atoms with E-state index in [1.807, 2.05) is 0 Å². The first-order chi connectivity index (χ1) is 6.73. The van der Waals surface area contributed by atoms with Gasteiger partial charge < -0.3 is 0 Å². The maximum Gasteiger partial charge on any atom is 0.434 e. The molecule has 0 saturated heterocycles. The highest BCUT2D eigenvalue weighted by Gasteiger charge is 2.36. The molecular formula is C7H2BrClF5N. The maximum absolute atomic E-state index is 12.2. The van der Waals surface area contributed by atoms with Crippen molar-refractivity contribution in [3.05, 3.63) is 26.9 Å². The third-order valence-electron chi connectivity index (χ3n) is 1.43. The Kier molecular flexibility index (Phi) is 3.55. The Morgan fingerprint density at radius 3 is 2.27 bits per heavy atom. The predicted molar refractivity (Wildman–Crippen MR) is 46.9 cm³/mol. The summed E-state index contributed by atoms with van der Waals surface area (Å²) in [5.74, 6) is 0. The molecule has 1 aromatic rings. The van der Waals surface area contributed by atoms with E-state index in [1.54, 1.807) is 0 Å². The van der Waals surface area contributed by atoms with Gasteiger partial charge in [-0.05, 0) is 22.0 Å². The fourth-order valence-corrected chi connectivity index (χ4v) is 1.71. The Balaban J connectivity index is 3.37. The van der Waals surface area contributed by atoms with Gasteiger partial charge in [0.1, 0.15) is 5.69 Å². The lowest BCUT2D eigenvalue weighted by Crippen LogP contribution is -2.11. The van der Waals surface area contributed by atoms with Gasteiger partial charge in [0.25, 0.3) is 6.43 Å². The summed E-state index contributed by atoms with van der Waals surface area (Å²) in [4.78, 5) is 2.79. The molecule has 1 nitrogen and oxygen atoms in total. The molecular weight excluding hydrogens is 308 g/mol. The maximum atomic E-state index is 12.2. The molecule has 0 amide bonds. The predicted octanol–water partition coefficient (Wildman–Crippen LogP) is 4.45. The standard InChI is InChI=1S/C7H2BrClF5N/c8-2-1-3(9)5(7(12,13)14)15-4(2)6(10)11/h1,6H. The highest BCUT2D eigenvalue weighted by molar-refractivity contribution is 9.10. The van der Waals surface area contributed by atoms with E-state index >= 15 is 0 Å². The molecule has 8 heteroatoms. The molecule has 1 heterocycles. The van der Waals surface area contributed by atoms with Crippen molar-refractivity contribution in [2.75, 3.05) is 0 Å². The van der Waals surface area contributed by atoms with Gasteiger partial charge in [-0.3, -0.25) is 0 Å². The fourth-order valence-electron chi connectivity index (χ4n) is 0.833. The Morgan fingerprint density at radius 1 is 1.33 bits per heavy atom.